The summed E-state index contributed by atoms with van der Waals surface area (Å²) >= 11 is 0. The Kier molecular flexibility index (Phi) is 4.65. The predicted molar refractivity (Wildman–Crippen MR) is 90.9 cm³/mol. The molecule has 1 aliphatic rings. The quantitative estimate of drug-likeness (QED) is 0.614. The molecular formula is C18H16N2O5. The number of methoxy groups -OCH3 is 3. The first-order valence-corrected chi connectivity index (χ1v) is 7.39. The molecule has 128 valence electrons. The summed E-state index contributed by atoms with van der Waals surface area (Å²) in [5.41, 5.74) is 1.45. The minimum Gasteiger partial charge on any atom is -0.496 e. The number of hydrogen-bond acceptors (Lipinski definition) is 7. The zero-order chi connectivity index (χ0) is 17.8. The fraction of sp³-hybridized carbons (Fsp3) is 0.167. The normalized spacial score (nSPS) is 14.9. The summed E-state index contributed by atoms with van der Waals surface area (Å²) in [6.45, 7) is 0. The number of nitrogens with zero attached hydrogens (tertiary/aromatic N) is 2. The molecule has 7 heteroatoms. The number of carbonyl (C=O) groups is 1. The first-order valence-electron chi connectivity index (χ1n) is 7.39. The van der Waals surface area contributed by atoms with Gasteiger partial charge in [0, 0.05) is 29.6 Å². The second-order valence-corrected chi connectivity index (χ2v) is 5.02. The van der Waals surface area contributed by atoms with Gasteiger partial charge in [-0.05, 0) is 24.3 Å². The summed E-state index contributed by atoms with van der Waals surface area (Å²) in [6.07, 6.45) is 4.78. The molecule has 0 N–H and O–H groups in total. The summed E-state index contributed by atoms with van der Waals surface area (Å²) in [5, 5.41) is 0. The van der Waals surface area contributed by atoms with Gasteiger partial charge < -0.3 is 18.9 Å². The Labute approximate surface area is 144 Å². The molecule has 0 atom stereocenters. The van der Waals surface area contributed by atoms with E-state index in [2.05, 4.69) is 9.98 Å². The average molecular weight is 340 g/mol. The van der Waals surface area contributed by atoms with Crippen molar-refractivity contribution in [3.05, 3.63) is 53.5 Å². The lowest BCUT2D eigenvalue weighted by molar-refractivity contribution is -0.129. The van der Waals surface area contributed by atoms with E-state index in [1.807, 2.05) is 0 Å². The van der Waals surface area contributed by atoms with E-state index in [9.17, 15) is 4.79 Å². The van der Waals surface area contributed by atoms with E-state index in [4.69, 9.17) is 18.9 Å². The highest BCUT2D eigenvalue weighted by Crippen LogP contribution is 2.36. The zero-order valence-corrected chi connectivity index (χ0v) is 14.0. The van der Waals surface area contributed by atoms with Crippen LogP contribution >= 0.6 is 0 Å². The van der Waals surface area contributed by atoms with Crippen molar-refractivity contribution in [2.24, 2.45) is 4.99 Å². The zero-order valence-electron chi connectivity index (χ0n) is 14.0. The van der Waals surface area contributed by atoms with Gasteiger partial charge in [0.15, 0.2) is 17.2 Å². The van der Waals surface area contributed by atoms with E-state index in [-0.39, 0.29) is 11.6 Å². The van der Waals surface area contributed by atoms with Crippen LogP contribution in [0, 0.1) is 0 Å². The number of aliphatic imine (C=N–C) groups is 1. The Morgan fingerprint density at radius 2 is 1.60 bits per heavy atom. The van der Waals surface area contributed by atoms with Crippen molar-refractivity contribution in [3.8, 4) is 17.2 Å². The van der Waals surface area contributed by atoms with Gasteiger partial charge in [-0.1, -0.05) is 0 Å². The van der Waals surface area contributed by atoms with Gasteiger partial charge in [0.05, 0.1) is 21.3 Å². The monoisotopic (exact) mass is 340 g/mol. The number of pyridine rings is 1. The highest BCUT2D eigenvalue weighted by Gasteiger charge is 2.25. The largest absolute Gasteiger partial charge is 0.496 e. The summed E-state index contributed by atoms with van der Waals surface area (Å²) in [4.78, 5) is 20.3. The van der Waals surface area contributed by atoms with Crippen LogP contribution in [0.25, 0.3) is 6.08 Å². The SMILES string of the molecule is COc1cc(OC)c(OC)cc1/C=C1\N=C(c2ccncc2)OC1=O. The minimum absolute atomic E-state index is 0.164. The van der Waals surface area contributed by atoms with Crippen LogP contribution in [0.3, 0.4) is 0 Å². The van der Waals surface area contributed by atoms with Crippen LogP contribution in [0.4, 0.5) is 0 Å². The molecule has 0 fully saturated rings. The van der Waals surface area contributed by atoms with Gasteiger partial charge in [-0.3, -0.25) is 4.98 Å². The standard InChI is InChI=1S/C18H16N2O5/c1-22-14-10-16(24-3)15(23-2)9-12(14)8-13-18(21)25-17(20-13)11-4-6-19-7-5-11/h4-10H,1-3H3/b13-8-. The molecule has 0 spiro atoms. The fourth-order valence-corrected chi connectivity index (χ4v) is 2.34. The van der Waals surface area contributed by atoms with Crippen LogP contribution in [-0.2, 0) is 9.53 Å². The van der Waals surface area contributed by atoms with E-state index in [1.165, 1.54) is 21.3 Å². The molecule has 1 aliphatic heterocycles. The van der Waals surface area contributed by atoms with Crippen LogP contribution < -0.4 is 14.2 Å². The molecule has 0 radical (unpaired) electrons. The molecule has 1 aromatic carbocycles. The maximum absolute atomic E-state index is 12.1. The molecule has 7 nitrogen and oxygen atoms in total. The number of ether oxygens (including phenoxy) is 4. The van der Waals surface area contributed by atoms with E-state index >= 15 is 0 Å². The van der Waals surface area contributed by atoms with Gasteiger partial charge in [0.2, 0.25) is 5.90 Å². The first kappa shape index (κ1) is 16.5. The third kappa shape index (κ3) is 3.30. The summed E-state index contributed by atoms with van der Waals surface area (Å²) in [5.74, 6) is 1.25. The summed E-state index contributed by atoms with van der Waals surface area (Å²) in [7, 11) is 4.60. The lowest BCUT2D eigenvalue weighted by Gasteiger charge is -2.12. The third-order valence-electron chi connectivity index (χ3n) is 3.58. The molecule has 0 unspecified atom stereocenters. The van der Waals surface area contributed by atoms with Crippen molar-refractivity contribution in [1.29, 1.82) is 0 Å². The Bertz CT molecular complexity index is 859. The van der Waals surface area contributed by atoms with Crippen molar-refractivity contribution in [3.63, 3.8) is 0 Å². The highest BCUT2D eigenvalue weighted by atomic mass is 16.6. The Morgan fingerprint density at radius 1 is 0.960 bits per heavy atom. The van der Waals surface area contributed by atoms with E-state index in [1.54, 1.807) is 42.7 Å². The predicted octanol–water partition coefficient (Wildman–Crippen LogP) is 2.45. The van der Waals surface area contributed by atoms with Gasteiger partial charge in [-0.2, -0.15) is 0 Å². The maximum Gasteiger partial charge on any atom is 0.363 e. The van der Waals surface area contributed by atoms with Gasteiger partial charge in [0.25, 0.3) is 0 Å². The number of rotatable bonds is 5. The maximum atomic E-state index is 12.1. The van der Waals surface area contributed by atoms with Gasteiger partial charge in [-0.15, -0.1) is 0 Å². The van der Waals surface area contributed by atoms with Crippen molar-refractivity contribution in [2.45, 2.75) is 0 Å². The van der Waals surface area contributed by atoms with Crippen LogP contribution in [0.1, 0.15) is 11.1 Å². The van der Waals surface area contributed by atoms with Crippen molar-refractivity contribution < 1.29 is 23.7 Å². The molecular weight excluding hydrogens is 324 g/mol. The van der Waals surface area contributed by atoms with E-state index in [0.717, 1.165) is 0 Å². The number of carbonyl (C=O) groups excluding carboxylic acids is 1. The molecule has 0 saturated heterocycles. The van der Waals surface area contributed by atoms with Gasteiger partial charge >= 0.3 is 5.97 Å². The van der Waals surface area contributed by atoms with Crippen molar-refractivity contribution >= 4 is 17.9 Å². The van der Waals surface area contributed by atoms with Crippen LogP contribution in [0.15, 0.2) is 47.3 Å². The topological polar surface area (TPSA) is 79.2 Å². The highest BCUT2D eigenvalue weighted by molar-refractivity contribution is 6.12. The molecule has 2 aromatic rings. The Balaban J connectivity index is 2.02. The lowest BCUT2D eigenvalue weighted by atomic mass is 10.1. The van der Waals surface area contributed by atoms with Gasteiger partial charge in [-0.25, -0.2) is 9.79 Å². The molecule has 0 aliphatic carbocycles. The number of esters is 1. The lowest BCUT2D eigenvalue weighted by Crippen LogP contribution is -2.05. The number of aromatic nitrogens is 1. The number of hydrogen-bond donors (Lipinski definition) is 0. The third-order valence-corrected chi connectivity index (χ3v) is 3.58. The molecule has 1 aromatic heterocycles. The number of benzene rings is 1. The molecule has 0 amide bonds. The summed E-state index contributed by atoms with van der Waals surface area (Å²) < 4.78 is 21.1. The van der Waals surface area contributed by atoms with E-state index < -0.39 is 5.97 Å². The smallest absolute Gasteiger partial charge is 0.363 e. The van der Waals surface area contributed by atoms with Crippen molar-refractivity contribution in [1.82, 2.24) is 4.98 Å². The van der Waals surface area contributed by atoms with Crippen LogP contribution in [0.2, 0.25) is 0 Å². The minimum atomic E-state index is -0.538. The number of cyclic esters (lactones) is 1. The van der Waals surface area contributed by atoms with Gasteiger partial charge in [0.1, 0.15) is 5.75 Å². The second-order valence-electron chi connectivity index (χ2n) is 5.02. The second kappa shape index (κ2) is 7.04. The van der Waals surface area contributed by atoms with Crippen LogP contribution in [-0.4, -0.2) is 38.2 Å². The fourth-order valence-electron chi connectivity index (χ4n) is 2.34. The Hall–Kier alpha value is -3.35. The van der Waals surface area contributed by atoms with Crippen LogP contribution in [0.5, 0.6) is 17.2 Å². The van der Waals surface area contributed by atoms with E-state index in [0.29, 0.717) is 28.4 Å². The summed E-state index contributed by atoms with van der Waals surface area (Å²) in [6, 6.07) is 6.81. The Morgan fingerprint density at radius 3 is 2.24 bits per heavy atom. The molecule has 0 saturated carbocycles. The first-order chi connectivity index (χ1) is 12.2. The van der Waals surface area contributed by atoms with Crippen molar-refractivity contribution in [2.75, 3.05) is 21.3 Å². The molecule has 0 bridgehead atoms. The molecule has 3 rings (SSSR count). The average Bonchev–Trinajstić information content (AvgIpc) is 3.02. The molecule has 25 heavy (non-hydrogen) atoms. The molecule has 2 heterocycles.